The van der Waals surface area contributed by atoms with Crippen LogP contribution in [0.5, 0.6) is 0 Å². The predicted octanol–water partition coefficient (Wildman–Crippen LogP) is 6.36. The maximum absolute atomic E-state index is 13.7. The Labute approximate surface area is 335 Å². The third kappa shape index (κ3) is 10.4. The first-order chi connectivity index (χ1) is 27.7. The Morgan fingerprint density at radius 1 is 0.807 bits per heavy atom. The van der Waals surface area contributed by atoms with Crippen molar-refractivity contribution in [2.75, 3.05) is 19.7 Å². The smallest absolute Gasteiger partial charge is 0.241 e. The Bertz CT molecular complexity index is 2200. The van der Waals surface area contributed by atoms with E-state index in [1.807, 2.05) is 104 Å². The largest absolute Gasteiger partial charge is 0.395 e. The van der Waals surface area contributed by atoms with Crippen molar-refractivity contribution in [3.63, 3.8) is 0 Å². The first-order valence-electron chi connectivity index (χ1n) is 19.6. The number of hydrogen-bond acceptors (Lipinski definition) is 8. The number of nitrogens with zero attached hydrogens (tertiary/aromatic N) is 1. The lowest BCUT2D eigenvalue weighted by molar-refractivity contribution is -0.253. The zero-order valence-electron chi connectivity index (χ0n) is 32.2. The molecule has 11 heteroatoms. The molecule has 1 amide bonds. The first-order valence-corrected chi connectivity index (χ1v) is 21.1. The van der Waals surface area contributed by atoms with Crippen molar-refractivity contribution in [1.82, 2.24) is 14.9 Å². The summed E-state index contributed by atoms with van der Waals surface area (Å²) in [4.78, 5) is 16.1. The number of ether oxygens (including phenoxy) is 2. The fourth-order valence-electron chi connectivity index (χ4n) is 7.69. The van der Waals surface area contributed by atoms with E-state index in [2.05, 4.69) is 21.0 Å². The third-order valence-electron chi connectivity index (χ3n) is 10.9. The van der Waals surface area contributed by atoms with E-state index in [-0.39, 0.29) is 49.3 Å². The van der Waals surface area contributed by atoms with Crippen LogP contribution in [0.4, 0.5) is 0 Å². The molecule has 0 aromatic heterocycles. The van der Waals surface area contributed by atoms with Crippen LogP contribution in [-0.2, 0) is 43.9 Å². The molecule has 5 aromatic rings. The second-order valence-electron chi connectivity index (χ2n) is 15.0. The van der Waals surface area contributed by atoms with E-state index in [1.165, 1.54) is 12.1 Å². The maximum atomic E-state index is 13.7. The SMILES string of the molecule is Cc1ccc(S(=O)(=O)N[C@H](Cc2ccccc2)C(=O)NCc2cccc(-c3cccc([C@H]4O[C@@H](CN5CCC[C@H]5CO)C[C@@H](c5ccc(CO)cc5)O4)c3)c2)cc1. The molecule has 2 heterocycles. The highest BCUT2D eigenvalue weighted by atomic mass is 32.2. The van der Waals surface area contributed by atoms with E-state index in [4.69, 9.17) is 9.47 Å². The van der Waals surface area contributed by atoms with E-state index in [9.17, 15) is 23.4 Å². The van der Waals surface area contributed by atoms with E-state index in [0.717, 1.165) is 63.9 Å². The van der Waals surface area contributed by atoms with E-state index in [0.29, 0.717) is 13.0 Å². The minimum atomic E-state index is -3.97. The van der Waals surface area contributed by atoms with Gasteiger partial charge in [0.15, 0.2) is 6.29 Å². The van der Waals surface area contributed by atoms with Crippen LogP contribution < -0.4 is 10.0 Å². The van der Waals surface area contributed by atoms with Crippen molar-refractivity contribution >= 4 is 15.9 Å². The summed E-state index contributed by atoms with van der Waals surface area (Å²) < 4.78 is 42.7. The predicted molar refractivity (Wildman–Crippen MR) is 219 cm³/mol. The summed E-state index contributed by atoms with van der Waals surface area (Å²) in [6.45, 7) is 3.81. The lowest BCUT2D eigenvalue weighted by Gasteiger charge is -2.38. The first kappa shape index (κ1) is 40.5. The molecule has 2 saturated heterocycles. The van der Waals surface area contributed by atoms with Crippen LogP contribution in [0, 0.1) is 6.92 Å². The summed E-state index contributed by atoms with van der Waals surface area (Å²) in [6, 6.07) is 38.8. The van der Waals surface area contributed by atoms with E-state index in [1.54, 1.807) is 12.1 Å². The molecule has 0 bridgehead atoms. The molecule has 57 heavy (non-hydrogen) atoms. The van der Waals surface area contributed by atoms with Crippen LogP contribution >= 0.6 is 0 Å². The van der Waals surface area contributed by atoms with Gasteiger partial charge in [-0.15, -0.1) is 0 Å². The molecular formula is C46H51N3O7S. The van der Waals surface area contributed by atoms with Gasteiger partial charge in [-0.1, -0.05) is 109 Å². The quantitative estimate of drug-likeness (QED) is 0.0963. The lowest BCUT2D eigenvalue weighted by Crippen LogP contribution is -2.47. The van der Waals surface area contributed by atoms with Crippen molar-refractivity contribution < 1.29 is 32.9 Å². The van der Waals surface area contributed by atoms with E-state index < -0.39 is 28.3 Å². The van der Waals surface area contributed by atoms with Crippen molar-refractivity contribution in [3.8, 4) is 11.1 Å². The van der Waals surface area contributed by atoms with E-state index >= 15 is 0 Å². The lowest BCUT2D eigenvalue weighted by atomic mass is 9.98. The standard InChI is InChI=1S/C46H51N3O7S/c1-32-15-21-42(22-16-32)57(53,54)48-43(25-33-8-3-2-4-9-33)45(52)47-28-35-10-5-11-37(24-35)38-12-6-13-39(26-38)46-55-41(29-49-23-7-14-40(49)31-51)27-44(56-46)36-19-17-34(30-50)18-20-36/h2-6,8-13,15-22,24,26,40-41,43-44,46,48,50-51H,7,14,23,25,27-31H2,1H3,(H,47,52)/t40-,41+,43+,44-,46-/m0/s1. The van der Waals surface area contributed by atoms with Gasteiger partial charge >= 0.3 is 0 Å². The highest BCUT2D eigenvalue weighted by molar-refractivity contribution is 7.89. The summed E-state index contributed by atoms with van der Waals surface area (Å²) in [6.07, 6.45) is 1.90. The van der Waals surface area contributed by atoms with Crippen molar-refractivity contribution in [1.29, 1.82) is 0 Å². The number of carbonyl (C=O) groups excluding carboxylic acids is 1. The van der Waals surface area contributed by atoms with Crippen LogP contribution in [0.1, 0.15) is 65.0 Å². The van der Waals surface area contributed by atoms with Crippen LogP contribution in [0.25, 0.3) is 11.1 Å². The Balaban J connectivity index is 1.07. The molecule has 7 rings (SSSR count). The number of aliphatic hydroxyl groups excluding tert-OH is 2. The minimum absolute atomic E-state index is 0.0249. The van der Waals surface area contributed by atoms with Crippen molar-refractivity contribution in [2.45, 2.75) is 81.2 Å². The summed E-state index contributed by atoms with van der Waals surface area (Å²) >= 11 is 0. The number of carbonyl (C=O) groups is 1. The summed E-state index contributed by atoms with van der Waals surface area (Å²) in [7, 11) is -3.97. The summed E-state index contributed by atoms with van der Waals surface area (Å²) in [5.41, 5.74) is 7.24. The fourth-order valence-corrected chi connectivity index (χ4v) is 8.88. The van der Waals surface area contributed by atoms with Crippen LogP contribution in [0.15, 0.2) is 132 Å². The Morgan fingerprint density at radius 2 is 1.53 bits per heavy atom. The average Bonchev–Trinajstić information content (AvgIpc) is 3.70. The maximum Gasteiger partial charge on any atom is 0.241 e. The van der Waals surface area contributed by atoms with Gasteiger partial charge in [0, 0.05) is 31.1 Å². The Kier molecular flexibility index (Phi) is 13.3. The summed E-state index contributed by atoms with van der Waals surface area (Å²) in [5, 5.41) is 22.6. The molecule has 5 aromatic carbocycles. The Morgan fingerprint density at radius 3 is 2.26 bits per heavy atom. The molecule has 0 unspecified atom stereocenters. The van der Waals surface area contributed by atoms with Crippen molar-refractivity contribution in [3.05, 3.63) is 161 Å². The molecule has 4 N–H and O–H groups in total. The van der Waals surface area contributed by atoms with Gasteiger partial charge in [-0.05, 0) is 90.4 Å². The van der Waals surface area contributed by atoms with Gasteiger partial charge in [0.2, 0.25) is 15.9 Å². The van der Waals surface area contributed by atoms with Gasteiger partial charge in [-0.25, -0.2) is 8.42 Å². The second-order valence-corrected chi connectivity index (χ2v) is 16.8. The van der Waals surface area contributed by atoms with Gasteiger partial charge < -0.3 is 25.0 Å². The highest BCUT2D eigenvalue weighted by Crippen LogP contribution is 2.39. The molecule has 0 saturated carbocycles. The number of aliphatic hydroxyl groups is 2. The number of amides is 1. The molecule has 0 spiro atoms. The topological polar surface area (TPSA) is 137 Å². The highest BCUT2D eigenvalue weighted by Gasteiger charge is 2.35. The van der Waals surface area contributed by atoms with Gasteiger partial charge in [-0.3, -0.25) is 9.69 Å². The van der Waals surface area contributed by atoms with Gasteiger partial charge in [0.25, 0.3) is 0 Å². The molecule has 2 aliphatic heterocycles. The molecule has 2 aliphatic rings. The third-order valence-corrected chi connectivity index (χ3v) is 12.4. The molecule has 2 fully saturated rings. The molecule has 0 radical (unpaired) electrons. The number of rotatable bonds is 15. The number of sulfonamides is 1. The molecule has 10 nitrogen and oxygen atoms in total. The van der Waals surface area contributed by atoms with Crippen LogP contribution in [-0.4, -0.2) is 67.3 Å². The molecule has 5 atom stereocenters. The molecule has 0 aliphatic carbocycles. The average molecular weight is 790 g/mol. The molecular weight excluding hydrogens is 739 g/mol. The molecule has 298 valence electrons. The normalized spacial score (nSPS) is 20.6. The van der Waals surface area contributed by atoms with Gasteiger partial charge in [0.05, 0.1) is 30.3 Å². The number of nitrogens with one attached hydrogen (secondary N) is 2. The van der Waals surface area contributed by atoms with Crippen LogP contribution in [0.2, 0.25) is 0 Å². The minimum Gasteiger partial charge on any atom is -0.395 e. The monoisotopic (exact) mass is 789 g/mol. The zero-order valence-corrected chi connectivity index (χ0v) is 33.0. The van der Waals surface area contributed by atoms with Crippen molar-refractivity contribution in [2.24, 2.45) is 0 Å². The number of benzene rings is 5. The Hall–Kier alpha value is -4.72. The van der Waals surface area contributed by atoms with Crippen LogP contribution in [0.3, 0.4) is 0 Å². The number of hydrogen-bond donors (Lipinski definition) is 4. The second kappa shape index (κ2) is 18.7. The number of likely N-dealkylation sites (tertiary alicyclic amines) is 1. The number of aryl methyl sites for hydroxylation is 1. The van der Waals surface area contributed by atoms with Gasteiger partial charge in [0.1, 0.15) is 6.04 Å². The fraction of sp³-hybridized carbons (Fsp3) is 0.326. The summed E-state index contributed by atoms with van der Waals surface area (Å²) in [5.74, 6) is -0.428. The zero-order chi connectivity index (χ0) is 39.8. The van der Waals surface area contributed by atoms with Gasteiger partial charge in [-0.2, -0.15) is 4.72 Å².